The minimum absolute atomic E-state index is 0.00470. The molecule has 2 saturated heterocycles. The van der Waals surface area contributed by atoms with Crippen molar-refractivity contribution < 1.29 is 14.7 Å². The lowest BCUT2D eigenvalue weighted by Gasteiger charge is -2.29. The summed E-state index contributed by atoms with van der Waals surface area (Å²) in [6, 6.07) is 9.71. The number of nitrogens with zero attached hydrogens (tertiary/aromatic N) is 2. The lowest BCUT2D eigenvalue weighted by atomic mass is 9.75. The van der Waals surface area contributed by atoms with E-state index in [0.29, 0.717) is 32.6 Å². The largest absolute Gasteiger partial charge is 0.481 e. The van der Waals surface area contributed by atoms with Crippen molar-refractivity contribution in [3.05, 3.63) is 35.9 Å². The number of aliphatic carboxylic acids is 1. The smallest absolute Gasteiger partial charge is 0.317 e. The highest BCUT2D eigenvalue weighted by molar-refractivity contribution is 5.77. The highest BCUT2D eigenvalue weighted by Crippen LogP contribution is 2.42. The van der Waals surface area contributed by atoms with Crippen LogP contribution >= 0.6 is 0 Å². The molecule has 2 N–H and O–H groups in total. The minimum Gasteiger partial charge on any atom is -0.481 e. The van der Waals surface area contributed by atoms with E-state index in [1.807, 2.05) is 30.3 Å². The average Bonchev–Trinajstić information content (AvgIpc) is 2.88. The lowest BCUT2D eigenvalue weighted by molar-refractivity contribution is -0.150. The summed E-state index contributed by atoms with van der Waals surface area (Å²) in [6.07, 6.45) is 1.38. The number of carboxylic acids is 1. The maximum Gasteiger partial charge on any atom is 0.317 e. The highest BCUT2D eigenvalue weighted by atomic mass is 16.4. The Bertz CT molecular complexity index is 622. The molecule has 25 heavy (non-hydrogen) atoms. The normalized spacial score (nSPS) is 26.8. The third kappa shape index (κ3) is 3.63. The zero-order chi connectivity index (χ0) is 17.9. The van der Waals surface area contributed by atoms with Gasteiger partial charge >= 0.3 is 12.0 Å². The number of urea groups is 1. The Kier molecular flexibility index (Phi) is 5.27. The summed E-state index contributed by atoms with van der Waals surface area (Å²) in [5.41, 5.74) is 0.355. The van der Waals surface area contributed by atoms with Gasteiger partial charge in [-0.15, -0.1) is 0 Å². The van der Waals surface area contributed by atoms with E-state index >= 15 is 0 Å². The Balaban J connectivity index is 1.66. The molecule has 2 fully saturated rings. The van der Waals surface area contributed by atoms with Crippen LogP contribution in [0.15, 0.2) is 30.3 Å². The molecule has 0 radical (unpaired) electrons. The van der Waals surface area contributed by atoms with Crippen molar-refractivity contribution in [1.82, 2.24) is 15.1 Å². The molecule has 1 aromatic carbocycles. The molecule has 0 spiro atoms. The topological polar surface area (TPSA) is 72.9 Å². The van der Waals surface area contributed by atoms with Gasteiger partial charge in [-0.1, -0.05) is 37.3 Å². The number of hydrogen-bond acceptors (Lipinski definition) is 3. The van der Waals surface area contributed by atoms with Gasteiger partial charge in [-0.2, -0.15) is 0 Å². The van der Waals surface area contributed by atoms with Crippen molar-refractivity contribution in [2.45, 2.75) is 26.3 Å². The fraction of sp³-hybridized carbons (Fsp3) is 0.579. The number of amides is 2. The first kappa shape index (κ1) is 17.7. The Morgan fingerprint density at radius 1 is 1.28 bits per heavy atom. The van der Waals surface area contributed by atoms with Crippen molar-refractivity contribution in [2.75, 3.05) is 32.7 Å². The van der Waals surface area contributed by atoms with E-state index in [4.69, 9.17) is 0 Å². The van der Waals surface area contributed by atoms with Crippen molar-refractivity contribution >= 4 is 12.0 Å². The van der Waals surface area contributed by atoms with Gasteiger partial charge in [0.15, 0.2) is 0 Å². The molecule has 0 bridgehead atoms. The van der Waals surface area contributed by atoms with E-state index < -0.39 is 11.4 Å². The molecule has 0 aromatic heterocycles. The average molecular weight is 345 g/mol. The number of carbonyl (C=O) groups is 2. The second-order valence-corrected chi connectivity index (χ2v) is 7.18. The zero-order valence-corrected chi connectivity index (χ0v) is 14.8. The van der Waals surface area contributed by atoms with Gasteiger partial charge in [0.25, 0.3) is 0 Å². The van der Waals surface area contributed by atoms with Crippen LogP contribution in [0.4, 0.5) is 4.79 Å². The number of carbonyl (C=O) groups excluding carboxylic acids is 1. The molecule has 136 valence electrons. The molecular weight excluding hydrogens is 318 g/mol. The number of carboxylic acid groups (broad SMARTS) is 1. The van der Waals surface area contributed by atoms with Gasteiger partial charge in [-0.3, -0.25) is 4.79 Å². The summed E-state index contributed by atoms with van der Waals surface area (Å²) in [7, 11) is 0. The van der Waals surface area contributed by atoms with Crippen molar-refractivity contribution in [1.29, 1.82) is 0 Å². The van der Waals surface area contributed by atoms with Crippen LogP contribution in [0, 0.1) is 11.3 Å². The van der Waals surface area contributed by atoms with Crippen LogP contribution in [0.5, 0.6) is 0 Å². The number of benzene rings is 1. The third-order valence-electron chi connectivity index (χ3n) is 5.70. The molecule has 6 heteroatoms. The molecule has 1 aromatic rings. The van der Waals surface area contributed by atoms with E-state index in [0.717, 1.165) is 25.1 Å². The molecule has 2 heterocycles. The zero-order valence-electron chi connectivity index (χ0n) is 14.8. The Morgan fingerprint density at radius 3 is 2.72 bits per heavy atom. The number of nitrogens with one attached hydrogen (secondary N) is 1. The molecule has 6 nitrogen and oxygen atoms in total. The summed E-state index contributed by atoms with van der Waals surface area (Å²) in [6.45, 7) is 5.90. The molecule has 0 unspecified atom stereocenters. The second kappa shape index (κ2) is 7.44. The standard InChI is InChI=1S/C19H27N3O3/c1-2-21-12-16-13-22(10-6-9-19(16,14-21)17(23)24)18(25)20-11-15-7-4-3-5-8-15/h3-5,7-8,16H,2,6,9-14H2,1H3,(H,20,25)(H,23,24)/t16-,19+/m1/s1. The molecule has 2 aliphatic rings. The van der Waals surface area contributed by atoms with Gasteiger partial charge in [0.2, 0.25) is 0 Å². The molecule has 3 rings (SSSR count). The van der Waals surface area contributed by atoms with Crippen LogP contribution in [0.2, 0.25) is 0 Å². The van der Waals surface area contributed by atoms with Gasteiger partial charge in [-0.25, -0.2) is 4.79 Å². The number of likely N-dealkylation sites (tertiary alicyclic amines) is 2. The van der Waals surface area contributed by atoms with E-state index in [2.05, 4.69) is 17.1 Å². The lowest BCUT2D eigenvalue weighted by Crippen LogP contribution is -2.45. The molecule has 0 aliphatic carbocycles. The highest BCUT2D eigenvalue weighted by Gasteiger charge is 2.53. The van der Waals surface area contributed by atoms with Crippen LogP contribution in [0.25, 0.3) is 0 Å². The monoisotopic (exact) mass is 345 g/mol. The maximum absolute atomic E-state index is 12.6. The maximum atomic E-state index is 12.6. The van der Waals surface area contributed by atoms with Crippen molar-refractivity contribution in [3.63, 3.8) is 0 Å². The van der Waals surface area contributed by atoms with Crippen LogP contribution in [-0.4, -0.2) is 59.6 Å². The van der Waals surface area contributed by atoms with Crippen LogP contribution in [0.1, 0.15) is 25.3 Å². The predicted octanol–water partition coefficient (Wildman–Crippen LogP) is 2.01. The molecule has 2 amide bonds. The summed E-state index contributed by atoms with van der Waals surface area (Å²) in [5.74, 6) is -0.713. The Hall–Kier alpha value is -2.08. The summed E-state index contributed by atoms with van der Waals surface area (Å²) in [4.78, 5) is 28.6. The number of hydrogen-bond donors (Lipinski definition) is 2. The summed E-state index contributed by atoms with van der Waals surface area (Å²) >= 11 is 0. The van der Waals surface area contributed by atoms with E-state index in [-0.39, 0.29) is 11.9 Å². The van der Waals surface area contributed by atoms with E-state index in [9.17, 15) is 14.7 Å². The SMILES string of the molecule is CCN1C[C@@H]2CN(C(=O)NCc3ccccc3)CCC[C@]2(C(=O)O)C1. The van der Waals surface area contributed by atoms with E-state index in [1.54, 1.807) is 4.90 Å². The molecule has 2 aliphatic heterocycles. The second-order valence-electron chi connectivity index (χ2n) is 7.18. The first-order chi connectivity index (χ1) is 12.0. The van der Waals surface area contributed by atoms with Crippen molar-refractivity contribution in [3.8, 4) is 0 Å². The van der Waals surface area contributed by atoms with Crippen LogP contribution in [-0.2, 0) is 11.3 Å². The Labute approximate surface area is 148 Å². The molecular formula is C19H27N3O3. The van der Waals surface area contributed by atoms with Gasteiger partial charge < -0.3 is 20.2 Å². The summed E-state index contributed by atoms with van der Waals surface area (Å²) < 4.78 is 0. The first-order valence-electron chi connectivity index (χ1n) is 9.07. The fourth-order valence-corrected chi connectivity index (χ4v) is 4.20. The van der Waals surface area contributed by atoms with Gasteiger partial charge in [0.05, 0.1) is 5.41 Å². The predicted molar refractivity (Wildman–Crippen MR) is 95.2 cm³/mol. The minimum atomic E-state index is -0.708. The number of rotatable bonds is 4. The Morgan fingerprint density at radius 2 is 2.04 bits per heavy atom. The number of fused-ring (bicyclic) bond motifs is 1. The van der Waals surface area contributed by atoms with Crippen LogP contribution in [0.3, 0.4) is 0 Å². The molecule has 2 atom stereocenters. The molecule has 0 saturated carbocycles. The summed E-state index contributed by atoms with van der Waals surface area (Å²) in [5, 5.41) is 12.8. The van der Waals surface area contributed by atoms with Crippen LogP contribution < -0.4 is 5.32 Å². The first-order valence-corrected chi connectivity index (χ1v) is 9.07. The van der Waals surface area contributed by atoms with Gasteiger partial charge in [-0.05, 0) is 24.9 Å². The fourth-order valence-electron chi connectivity index (χ4n) is 4.20. The quantitative estimate of drug-likeness (QED) is 0.876. The van der Waals surface area contributed by atoms with Crippen molar-refractivity contribution in [2.24, 2.45) is 11.3 Å². The van der Waals surface area contributed by atoms with Gasteiger partial charge in [0.1, 0.15) is 0 Å². The van der Waals surface area contributed by atoms with Gasteiger partial charge in [0, 0.05) is 38.6 Å². The third-order valence-corrected chi connectivity index (χ3v) is 5.70. The van der Waals surface area contributed by atoms with E-state index in [1.165, 1.54) is 0 Å².